The lowest BCUT2D eigenvalue weighted by Crippen LogP contribution is -2.40. The molecule has 9 heteroatoms. The van der Waals surface area contributed by atoms with Gasteiger partial charge in [-0.3, -0.25) is 4.79 Å². The van der Waals surface area contributed by atoms with Crippen LogP contribution in [0.2, 0.25) is 5.28 Å². The van der Waals surface area contributed by atoms with E-state index < -0.39 is 17.2 Å². The minimum Gasteiger partial charge on any atom is -0.359 e. The van der Waals surface area contributed by atoms with Crippen LogP contribution in [-0.4, -0.2) is 36.0 Å². The van der Waals surface area contributed by atoms with Crippen LogP contribution < -0.4 is 10.2 Å². The number of hydrogen-bond acceptors (Lipinski definition) is 4. The molecule has 0 saturated carbocycles. The van der Waals surface area contributed by atoms with E-state index in [0.717, 1.165) is 6.07 Å². The zero-order valence-corrected chi connectivity index (χ0v) is 12.0. The standard InChI is InChI=1S/C12H14ClF3N4O/c1-17-10(21)7-2-4-20(5-3-7)9-6-8(12(14,15)16)18-11(13)19-9/h6-7H,2-5H2,1H3,(H,17,21). The first-order valence-electron chi connectivity index (χ1n) is 6.39. The normalized spacial score (nSPS) is 16.9. The highest BCUT2D eigenvalue weighted by atomic mass is 35.5. The third-order valence-corrected chi connectivity index (χ3v) is 3.58. The van der Waals surface area contributed by atoms with E-state index in [9.17, 15) is 18.0 Å². The first kappa shape index (κ1) is 15.8. The van der Waals surface area contributed by atoms with Crippen molar-refractivity contribution in [1.82, 2.24) is 15.3 Å². The maximum atomic E-state index is 12.7. The lowest BCUT2D eigenvalue weighted by molar-refractivity contribution is -0.141. The predicted octanol–water partition coefficient (Wildman–Crippen LogP) is 2.11. The lowest BCUT2D eigenvalue weighted by Gasteiger charge is -2.32. The largest absolute Gasteiger partial charge is 0.433 e. The van der Waals surface area contributed by atoms with Crippen molar-refractivity contribution in [3.8, 4) is 0 Å². The minimum absolute atomic E-state index is 0.0497. The van der Waals surface area contributed by atoms with Crippen molar-refractivity contribution in [2.45, 2.75) is 19.0 Å². The molecule has 0 aromatic carbocycles. The van der Waals surface area contributed by atoms with Crippen molar-refractivity contribution in [3.05, 3.63) is 17.0 Å². The van der Waals surface area contributed by atoms with Gasteiger partial charge in [-0.05, 0) is 24.4 Å². The molecule has 2 heterocycles. The van der Waals surface area contributed by atoms with E-state index in [1.54, 1.807) is 11.9 Å². The van der Waals surface area contributed by atoms with Gasteiger partial charge in [0, 0.05) is 32.1 Å². The number of carbonyl (C=O) groups is 1. The summed E-state index contributed by atoms with van der Waals surface area (Å²) in [7, 11) is 1.56. The average molecular weight is 323 g/mol. The topological polar surface area (TPSA) is 58.1 Å². The van der Waals surface area contributed by atoms with Crippen LogP contribution in [0.4, 0.5) is 19.0 Å². The number of rotatable bonds is 2. The molecule has 1 amide bonds. The van der Waals surface area contributed by atoms with E-state index in [0.29, 0.717) is 25.9 Å². The summed E-state index contributed by atoms with van der Waals surface area (Å²) in [5.74, 6) is -0.0327. The van der Waals surface area contributed by atoms with Crippen molar-refractivity contribution >= 4 is 23.3 Å². The molecule has 0 spiro atoms. The third-order valence-electron chi connectivity index (χ3n) is 3.41. The van der Waals surface area contributed by atoms with Gasteiger partial charge in [-0.1, -0.05) is 0 Å². The number of aromatic nitrogens is 2. The highest BCUT2D eigenvalue weighted by molar-refractivity contribution is 6.28. The fourth-order valence-electron chi connectivity index (χ4n) is 2.29. The Morgan fingerprint density at radius 3 is 2.52 bits per heavy atom. The van der Waals surface area contributed by atoms with Gasteiger partial charge in [-0.15, -0.1) is 0 Å². The van der Waals surface area contributed by atoms with Crippen LogP contribution in [0.1, 0.15) is 18.5 Å². The SMILES string of the molecule is CNC(=O)C1CCN(c2cc(C(F)(F)F)nc(Cl)n2)CC1. The molecular formula is C12H14ClF3N4O. The first-order valence-corrected chi connectivity index (χ1v) is 6.77. The molecule has 1 aliphatic rings. The Bertz CT molecular complexity index is 530. The zero-order chi connectivity index (χ0) is 15.6. The molecular weight excluding hydrogens is 309 g/mol. The fourth-order valence-corrected chi connectivity index (χ4v) is 2.47. The summed E-state index contributed by atoms with van der Waals surface area (Å²) in [6.45, 7) is 0.894. The van der Waals surface area contributed by atoms with E-state index in [-0.39, 0.29) is 17.6 Å². The van der Waals surface area contributed by atoms with Crippen LogP contribution in [0.25, 0.3) is 0 Å². The van der Waals surface area contributed by atoms with E-state index in [2.05, 4.69) is 15.3 Å². The van der Waals surface area contributed by atoms with Crippen molar-refractivity contribution in [2.75, 3.05) is 25.0 Å². The van der Waals surface area contributed by atoms with Gasteiger partial charge in [-0.25, -0.2) is 9.97 Å². The van der Waals surface area contributed by atoms with Crippen LogP contribution >= 0.6 is 11.6 Å². The second kappa shape index (κ2) is 6.05. The molecule has 1 fully saturated rings. The number of carbonyl (C=O) groups excluding carboxylic acids is 1. The number of amides is 1. The van der Waals surface area contributed by atoms with E-state index in [1.807, 2.05) is 0 Å². The Balaban J connectivity index is 2.13. The van der Waals surface area contributed by atoms with E-state index >= 15 is 0 Å². The molecule has 0 unspecified atom stereocenters. The van der Waals surface area contributed by atoms with Crippen molar-refractivity contribution in [1.29, 1.82) is 0 Å². The third kappa shape index (κ3) is 3.75. The zero-order valence-electron chi connectivity index (χ0n) is 11.2. The monoisotopic (exact) mass is 322 g/mol. The molecule has 1 aromatic heterocycles. The summed E-state index contributed by atoms with van der Waals surface area (Å²) in [5.41, 5.74) is -1.06. The maximum absolute atomic E-state index is 12.7. The smallest absolute Gasteiger partial charge is 0.359 e. The molecule has 21 heavy (non-hydrogen) atoms. The Hall–Kier alpha value is -1.57. The van der Waals surface area contributed by atoms with E-state index in [1.165, 1.54) is 0 Å². The number of halogens is 4. The van der Waals surface area contributed by atoms with Crippen LogP contribution in [0.3, 0.4) is 0 Å². The lowest BCUT2D eigenvalue weighted by atomic mass is 9.96. The van der Waals surface area contributed by atoms with Crippen molar-refractivity contribution in [3.63, 3.8) is 0 Å². The van der Waals surface area contributed by atoms with Crippen LogP contribution in [0.15, 0.2) is 6.07 Å². The van der Waals surface area contributed by atoms with Crippen molar-refractivity contribution < 1.29 is 18.0 Å². The predicted molar refractivity (Wildman–Crippen MR) is 71.0 cm³/mol. The quantitative estimate of drug-likeness (QED) is 0.847. The number of piperidine rings is 1. The summed E-state index contributed by atoms with van der Waals surface area (Å²) in [4.78, 5) is 20.2. The molecule has 116 valence electrons. The summed E-state index contributed by atoms with van der Waals surface area (Å²) in [6, 6.07) is 0.881. The van der Waals surface area contributed by atoms with Gasteiger partial charge in [0.2, 0.25) is 11.2 Å². The highest BCUT2D eigenvalue weighted by Crippen LogP contribution is 2.31. The first-order chi connectivity index (χ1) is 9.81. The molecule has 2 rings (SSSR count). The van der Waals surface area contributed by atoms with Gasteiger partial charge in [0.1, 0.15) is 5.82 Å². The summed E-state index contributed by atoms with van der Waals surface area (Å²) < 4.78 is 38.1. The molecule has 1 aromatic rings. The maximum Gasteiger partial charge on any atom is 0.433 e. The molecule has 0 bridgehead atoms. The van der Waals surface area contributed by atoms with Gasteiger partial charge in [0.15, 0.2) is 5.69 Å². The molecule has 1 aliphatic heterocycles. The number of anilines is 1. The second-order valence-electron chi connectivity index (χ2n) is 4.75. The van der Waals surface area contributed by atoms with Gasteiger partial charge in [-0.2, -0.15) is 13.2 Å². The summed E-state index contributed by atoms with van der Waals surface area (Å²) >= 11 is 5.56. The average Bonchev–Trinajstić information content (AvgIpc) is 2.45. The van der Waals surface area contributed by atoms with Gasteiger partial charge >= 0.3 is 6.18 Å². The molecule has 5 nitrogen and oxygen atoms in total. The van der Waals surface area contributed by atoms with Crippen LogP contribution in [0, 0.1) is 5.92 Å². The summed E-state index contributed by atoms with van der Waals surface area (Å²) in [5, 5.41) is 2.14. The second-order valence-corrected chi connectivity index (χ2v) is 5.09. The van der Waals surface area contributed by atoms with Gasteiger partial charge in [0.05, 0.1) is 0 Å². The molecule has 0 aliphatic carbocycles. The van der Waals surface area contributed by atoms with E-state index in [4.69, 9.17) is 11.6 Å². The molecule has 0 radical (unpaired) electrons. The number of nitrogens with one attached hydrogen (secondary N) is 1. The number of hydrogen-bond donors (Lipinski definition) is 1. The number of nitrogens with zero attached hydrogens (tertiary/aromatic N) is 3. The Kier molecular flexibility index (Phi) is 4.55. The Morgan fingerprint density at radius 2 is 2.00 bits per heavy atom. The molecule has 1 saturated heterocycles. The number of alkyl halides is 3. The van der Waals surface area contributed by atoms with Gasteiger partial charge in [0.25, 0.3) is 0 Å². The molecule has 0 atom stereocenters. The Morgan fingerprint density at radius 1 is 1.38 bits per heavy atom. The minimum atomic E-state index is -4.57. The van der Waals surface area contributed by atoms with Crippen molar-refractivity contribution in [2.24, 2.45) is 5.92 Å². The molecule has 1 N–H and O–H groups in total. The van der Waals surface area contributed by atoms with Crippen LogP contribution in [0.5, 0.6) is 0 Å². The van der Waals surface area contributed by atoms with Gasteiger partial charge < -0.3 is 10.2 Å². The summed E-state index contributed by atoms with van der Waals surface area (Å²) in [6.07, 6.45) is -3.45. The van der Waals surface area contributed by atoms with Crippen LogP contribution in [-0.2, 0) is 11.0 Å². The fraction of sp³-hybridized carbons (Fsp3) is 0.583. The Labute approximate surface area is 124 Å². The highest BCUT2D eigenvalue weighted by Gasteiger charge is 2.34.